The predicted octanol–water partition coefficient (Wildman–Crippen LogP) is 21.8. The molecule has 34 heteroatoms. The number of aliphatic hydroxyl groups is 1. The third kappa shape index (κ3) is 18.7. The van der Waals surface area contributed by atoms with E-state index in [0.29, 0.717) is 96.9 Å². The number of aromatic amines is 5. The maximum Gasteiger partial charge on any atom is 0.183 e. The highest BCUT2D eigenvalue weighted by molar-refractivity contribution is 5.94. The second kappa shape index (κ2) is 35.8. The van der Waals surface area contributed by atoms with Crippen molar-refractivity contribution < 1.29 is 27.1 Å². The maximum absolute atomic E-state index is 13.7. The lowest BCUT2D eigenvalue weighted by Gasteiger charge is -2.56. The molecular weight excluding hydrogens is 1670 g/mol. The molecule has 0 atom stereocenters. The van der Waals surface area contributed by atoms with Crippen molar-refractivity contribution in [3.63, 3.8) is 0 Å². The summed E-state index contributed by atoms with van der Waals surface area (Å²) >= 11 is 0. The molecule has 0 radical (unpaired) electrons. The van der Waals surface area contributed by atoms with Gasteiger partial charge in [-0.25, -0.2) is 96.7 Å². The average Bonchev–Trinajstić information content (AvgIpc) is 1.17. The minimum absolute atomic E-state index is 0.158. The molecule has 11 saturated carbocycles. The number of H-pyrrole nitrogens is 5. The van der Waals surface area contributed by atoms with Gasteiger partial charge in [-0.05, 0) is 230 Å². The van der Waals surface area contributed by atoms with Gasteiger partial charge in [0, 0.05) is 104 Å². The Labute approximate surface area is 753 Å². The van der Waals surface area contributed by atoms with Crippen LogP contribution in [0.4, 0.5) is 79.9 Å². The first-order chi connectivity index (χ1) is 63.3. The molecule has 8 bridgehead atoms. The number of pyridine rings is 5. The van der Waals surface area contributed by atoms with Crippen LogP contribution in [-0.4, -0.2) is 120 Å². The Morgan fingerprint density at radius 3 is 1.09 bits per heavy atom. The van der Waals surface area contributed by atoms with E-state index in [1.165, 1.54) is 171 Å². The summed E-state index contributed by atoms with van der Waals surface area (Å²) in [6.07, 6.45) is 41.9. The first kappa shape index (κ1) is 86.3. The fraction of sp³-hybridized carbons (Fsp3) is 0.464. The summed E-state index contributed by atoms with van der Waals surface area (Å²) in [6, 6.07) is 14.7. The van der Waals surface area contributed by atoms with Crippen LogP contribution in [0.25, 0.3) is 55.2 Å². The van der Waals surface area contributed by atoms with Crippen LogP contribution in [0.15, 0.2) is 98.0 Å². The van der Waals surface area contributed by atoms with Gasteiger partial charge in [0.25, 0.3) is 0 Å². The SMILES string of the molecule is CC(C)(O)c1cc(Nc2[nH]nc3ncc(F)cc23)nc(C2CCCCC2)n1.Cc1cc(Nc2[nH]nc3ncc(F)cc23)nc(C2CCCC2)n1.Cc1cc(Nc2c[nH]c3ncc(F)cc23)nc(C23CC4CC(CC(C4)C2)C3)n1.Cc1cc(Nc2c[nH]c3ncc(F)cc23)nc(C23CC4CC(CC(C4)C2)C3)n1.Cc1nc(C2CCCCC2)nc(Nc2[nH]nc3ncc(F)cc23)c1C. The zero-order valence-electron chi connectivity index (χ0n) is 74.7. The third-order valence-corrected chi connectivity index (χ3v) is 28.4. The second-order valence-corrected chi connectivity index (χ2v) is 38.9. The lowest BCUT2D eigenvalue weighted by Crippen LogP contribution is -2.49. The molecule has 0 aromatic carbocycles. The molecule has 0 unspecified atom stereocenters. The number of hydrogen-bond donors (Lipinski definition) is 11. The summed E-state index contributed by atoms with van der Waals surface area (Å²) < 4.78 is 67.8. The largest absolute Gasteiger partial charge is 0.384 e. The van der Waals surface area contributed by atoms with Gasteiger partial charge in [-0.15, -0.1) is 0 Å². The van der Waals surface area contributed by atoms with Crippen LogP contribution < -0.4 is 26.6 Å². The topological polar surface area (TPSA) is 391 Å². The fourth-order valence-corrected chi connectivity index (χ4v) is 23.0. The minimum Gasteiger partial charge on any atom is -0.384 e. The van der Waals surface area contributed by atoms with Crippen molar-refractivity contribution in [1.82, 2.24) is 115 Å². The summed E-state index contributed by atoms with van der Waals surface area (Å²) in [7, 11) is 0. The lowest BCUT2D eigenvalue weighted by atomic mass is 9.49. The highest BCUT2D eigenvalue weighted by atomic mass is 19.1. The van der Waals surface area contributed by atoms with E-state index in [1.807, 2.05) is 65.2 Å². The van der Waals surface area contributed by atoms with Crippen LogP contribution in [-0.2, 0) is 16.4 Å². The molecule has 0 amide bonds. The van der Waals surface area contributed by atoms with Crippen molar-refractivity contribution in [3.8, 4) is 0 Å². The zero-order chi connectivity index (χ0) is 90.0. The summed E-state index contributed by atoms with van der Waals surface area (Å²) in [5.41, 5.74) is 8.85. The number of nitrogens with zero attached hydrogens (tertiary/aromatic N) is 18. The van der Waals surface area contributed by atoms with E-state index < -0.39 is 23.1 Å². The standard InChI is InChI=1S/2C22H24FN5.C19H23FN6O.C18H21FN6.C16H17FN6/c2*1-12-2-19(27-18-11-25-20-17(18)6-16(23)10-24-20)28-21(26-12)22-7-13-3-14(8-22)5-15(4-13)9-22;1-19(2,27)14-9-15(23-16(22-14)11-6-4-3-5-7-11)24-18-13-8-12(20)10-21-17(13)25-26-18;1-10-11(2)21-16(12-6-4-3-5-7-12)22-15(10)23-18-14-8-13(19)9-20-17(14)24-25-18;1-9-6-13(20-14(19-9)10-4-2-3-5-10)21-16-12-7-11(17)8-18-15(12)22-23-16/h2*2,6,10-11,13-15H,3-5,7-9H2,1H3,(H,24,25)(H,26,27,28);8-11,27H,3-7H2,1-2H3,(H2,21,22,23,24,25,26);8-9,12H,3-7H2,1-2H3,(H2,20,21,22,23,24,25);6-8,10H,2-5H2,1H3,(H2,18,19,20,21,22,23). The van der Waals surface area contributed by atoms with Crippen molar-refractivity contribution in [2.75, 3.05) is 26.6 Å². The number of aromatic nitrogens is 23. The van der Waals surface area contributed by atoms with E-state index in [9.17, 15) is 27.1 Å². The van der Waals surface area contributed by atoms with Gasteiger partial charge < -0.3 is 41.7 Å². The quantitative estimate of drug-likeness (QED) is 0.0400. The van der Waals surface area contributed by atoms with Crippen molar-refractivity contribution in [2.24, 2.45) is 35.5 Å². The van der Waals surface area contributed by atoms with E-state index >= 15 is 0 Å². The molecule has 0 spiro atoms. The molecule has 11 N–H and O–H groups in total. The molecule has 26 rings (SSSR count). The number of rotatable bonds is 16. The number of anilines is 10. The molecule has 15 heterocycles. The van der Waals surface area contributed by atoms with Gasteiger partial charge in [-0.3, -0.25) is 15.3 Å². The van der Waals surface area contributed by atoms with Crippen LogP contribution in [0.5, 0.6) is 0 Å². The van der Waals surface area contributed by atoms with Gasteiger partial charge in [0.15, 0.2) is 16.9 Å². The molecular formula is C97H109F5N28O. The monoisotopic (exact) mass is 1780 g/mol. The Kier molecular flexibility index (Phi) is 23.6. The average molecular weight is 1780 g/mol. The number of halogens is 5. The van der Waals surface area contributed by atoms with Crippen molar-refractivity contribution >= 4 is 113 Å². The second-order valence-electron chi connectivity index (χ2n) is 38.9. The first-order valence-electron chi connectivity index (χ1n) is 46.5. The van der Waals surface area contributed by atoms with Crippen molar-refractivity contribution in [1.29, 1.82) is 0 Å². The molecule has 678 valence electrons. The number of aryl methyl sites for hydroxylation is 4. The zero-order valence-corrected chi connectivity index (χ0v) is 74.7. The Hall–Kier alpha value is -12.8. The van der Waals surface area contributed by atoms with E-state index in [0.717, 1.165) is 190 Å². The number of hydrogen-bond acceptors (Lipinski definition) is 24. The van der Waals surface area contributed by atoms with Crippen LogP contribution in [0.1, 0.15) is 262 Å². The lowest BCUT2D eigenvalue weighted by molar-refractivity contribution is -0.00949. The molecule has 11 fully saturated rings. The Morgan fingerprint density at radius 1 is 0.359 bits per heavy atom. The van der Waals surface area contributed by atoms with E-state index in [-0.39, 0.29) is 22.5 Å². The Balaban J connectivity index is 0.000000102. The smallest absolute Gasteiger partial charge is 0.183 e. The summed E-state index contributed by atoms with van der Waals surface area (Å²) in [4.78, 5) is 74.0. The van der Waals surface area contributed by atoms with Crippen LogP contribution in [0, 0.1) is 99.2 Å². The maximum atomic E-state index is 13.7. The van der Waals surface area contributed by atoms with Gasteiger partial charge in [0.05, 0.1) is 64.2 Å². The van der Waals surface area contributed by atoms with Gasteiger partial charge in [-0.2, -0.15) is 15.3 Å². The Morgan fingerprint density at radius 2 is 0.695 bits per heavy atom. The van der Waals surface area contributed by atoms with Crippen LogP contribution in [0.2, 0.25) is 0 Å². The van der Waals surface area contributed by atoms with Crippen molar-refractivity contribution in [2.45, 2.75) is 250 Å². The molecule has 11 aliphatic carbocycles. The summed E-state index contributed by atoms with van der Waals surface area (Å²) in [6.45, 7) is 13.4. The molecule has 29 nitrogen and oxygen atoms in total. The summed E-state index contributed by atoms with van der Waals surface area (Å²) in [5.74, 6) is 14.1. The third-order valence-electron chi connectivity index (χ3n) is 28.4. The van der Waals surface area contributed by atoms with E-state index in [2.05, 4.69) is 112 Å². The molecule has 15 aromatic heterocycles. The van der Waals surface area contributed by atoms with Gasteiger partial charge in [0.1, 0.15) is 122 Å². The molecule has 131 heavy (non-hydrogen) atoms. The highest BCUT2D eigenvalue weighted by Crippen LogP contribution is 2.62. The van der Waals surface area contributed by atoms with Gasteiger partial charge in [0.2, 0.25) is 0 Å². The van der Waals surface area contributed by atoms with Crippen molar-refractivity contribution in [3.05, 3.63) is 190 Å². The van der Waals surface area contributed by atoms with Gasteiger partial charge in [-0.1, -0.05) is 51.4 Å². The Bertz CT molecular complexity index is 6470. The van der Waals surface area contributed by atoms with E-state index in [4.69, 9.17) is 29.9 Å². The summed E-state index contributed by atoms with van der Waals surface area (Å²) in [5, 5.41) is 50.9. The molecule has 15 aromatic rings. The van der Waals surface area contributed by atoms with Crippen LogP contribution >= 0.6 is 0 Å². The minimum atomic E-state index is -1.09. The molecule has 0 saturated heterocycles. The molecule has 0 aliphatic heterocycles. The first-order valence-corrected chi connectivity index (χ1v) is 46.5. The normalized spacial score (nSPS) is 22.2. The predicted molar refractivity (Wildman–Crippen MR) is 492 cm³/mol. The number of nitrogens with one attached hydrogen (secondary N) is 10. The number of fused-ring (bicyclic) bond motifs is 5. The van der Waals surface area contributed by atoms with Gasteiger partial charge >= 0.3 is 0 Å². The highest BCUT2D eigenvalue weighted by Gasteiger charge is 2.55. The fourth-order valence-electron chi connectivity index (χ4n) is 23.0. The van der Waals surface area contributed by atoms with Crippen LogP contribution in [0.3, 0.4) is 0 Å². The molecule has 11 aliphatic rings. The van der Waals surface area contributed by atoms with E-state index in [1.54, 1.807) is 19.9 Å².